The maximum atomic E-state index is 10.1. The number of hydrogen-bond acceptors (Lipinski definition) is 4. The molecule has 110 valence electrons. The Morgan fingerprint density at radius 1 is 1.47 bits per heavy atom. The van der Waals surface area contributed by atoms with Crippen molar-refractivity contribution in [2.24, 2.45) is 0 Å². The summed E-state index contributed by atoms with van der Waals surface area (Å²) in [7, 11) is 2.12. The van der Waals surface area contributed by atoms with Crippen molar-refractivity contribution in [1.29, 1.82) is 0 Å². The molecule has 2 aliphatic heterocycles. The van der Waals surface area contributed by atoms with Crippen molar-refractivity contribution < 1.29 is 9.90 Å². The molecule has 0 radical (unpaired) electrons. The molecule has 1 unspecified atom stereocenters. The van der Waals surface area contributed by atoms with Gasteiger partial charge in [-0.25, -0.2) is 0 Å². The van der Waals surface area contributed by atoms with Crippen LogP contribution in [0, 0.1) is 0 Å². The Morgan fingerprint density at radius 3 is 2.58 bits per heavy atom. The number of unbranched alkanes of at least 4 members (excludes halogenated alkanes) is 1. The molecule has 2 atom stereocenters. The van der Waals surface area contributed by atoms with Gasteiger partial charge in [0.25, 0.3) is 0 Å². The molecule has 0 aromatic carbocycles. The summed E-state index contributed by atoms with van der Waals surface area (Å²) in [6, 6.07) is -0.269. The van der Waals surface area contributed by atoms with Crippen molar-refractivity contribution in [2.45, 2.75) is 51.7 Å². The van der Waals surface area contributed by atoms with Crippen molar-refractivity contribution in [2.75, 3.05) is 20.1 Å². The first-order valence-corrected chi connectivity index (χ1v) is 7.18. The van der Waals surface area contributed by atoms with Gasteiger partial charge in [0.15, 0.2) is 0 Å². The third-order valence-electron chi connectivity index (χ3n) is 3.69. The SMILES string of the molecule is CCCCN1C=CN(C)C1C.O=C(O)[C@@H]1CCCN1. The minimum absolute atomic E-state index is 0.269. The molecule has 1 fully saturated rings. The van der Waals surface area contributed by atoms with Crippen LogP contribution < -0.4 is 5.32 Å². The smallest absolute Gasteiger partial charge is 0.320 e. The molecule has 0 spiro atoms. The summed E-state index contributed by atoms with van der Waals surface area (Å²) in [5.41, 5.74) is 0. The highest BCUT2D eigenvalue weighted by atomic mass is 16.4. The lowest BCUT2D eigenvalue weighted by molar-refractivity contribution is -0.139. The van der Waals surface area contributed by atoms with E-state index in [9.17, 15) is 4.79 Å². The summed E-state index contributed by atoms with van der Waals surface area (Å²) in [6.45, 7) is 6.51. The van der Waals surface area contributed by atoms with E-state index >= 15 is 0 Å². The average Bonchev–Trinajstić information content (AvgIpc) is 3.01. The Kier molecular flexibility index (Phi) is 6.70. The molecule has 0 saturated carbocycles. The van der Waals surface area contributed by atoms with Crippen LogP contribution in [0.5, 0.6) is 0 Å². The van der Waals surface area contributed by atoms with E-state index < -0.39 is 5.97 Å². The maximum Gasteiger partial charge on any atom is 0.320 e. The van der Waals surface area contributed by atoms with Crippen LogP contribution in [-0.4, -0.2) is 53.2 Å². The number of nitrogens with zero attached hydrogens (tertiary/aromatic N) is 2. The topological polar surface area (TPSA) is 55.8 Å². The van der Waals surface area contributed by atoms with Gasteiger partial charge in [0.05, 0.1) is 6.17 Å². The predicted octanol–water partition coefficient (Wildman–Crippen LogP) is 1.67. The van der Waals surface area contributed by atoms with Gasteiger partial charge in [-0.1, -0.05) is 13.3 Å². The largest absolute Gasteiger partial charge is 0.480 e. The molecule has 5 heteroatoms. The average molecular weight is 269 g/mol. The minimum atomic E-state index is -0.720. The van der Waals surface area contributed by atoms with Crippen LogP contribution in [0.2, 0.25) is 0 Å². The molecular formula is C14H27N3O2. The van der Waals surface area contributed by atoms with E-state index in [1.165, 1.54) is 19.4 Å². The van der Waals surface area contributed by atoms with E-state index in [4.69, 9.17) is 5.11 Å². The molecule has 19 heavy (non-hydrogen) atoms. The van der Waals surface area contributed by atoms with Crippen LogP contribution >= 0.6 is 0 Å². The molecule has 0 aliphatic carbocycles. The summed E-state index contributed by atoms with van der Waals surface area (Å²) in [5.74, 6) is -0.720. The first kappa shape index (κ1) is 15.8. The molecule has 2 heterocycles. The van der Waals surface area contributed by atoms with Crippen molar-refractivity contribution in [3.8, 4) is 0 Å². The van der Waals surface area contributed by atoms with Crippen LogP contribution in [0.3, 0.4) is 0 Å². The van der Waals surface area contributed by atoms with E-state index in [1.54, 1.807) is 0 Å². The quantitative estimate of drug-likeness (QED) is 0.813. The third kappa shape index (κ3) is 5.11. The fourth-order valence-corrected chi connectivity index (χ4v) is 2.17. The molecule has 0 aromatic rings. The first-order chi connectivity index (χ1) is 9.06. The number of rotatable bonds is 4. The number of aliphatic carboxylic acids is 1. The Hall–Kier alpha value is -1.23. The molecule has 5 nitrogen and oxygen atoms in total. The fourth-order valence-electron chi connectivity index (χ4n) is 2.17. The minimum Gasteiger partial charge on any atom is -0.480 e. The third-order valence-corrected chi connectivity index (χ3v) is 3.69. The predicted molar refractivity (Wildman–Crippen MR) is 76.6 cm³/mol. The van der Waals surface area contributed by atoms with Crippen molar-refractivity contribution >= 4 is 5.97 Å². The van der Waals surface area contributed by atoms with Gasteiger partial charge in [-0.2, -0.15) is 0 Å². The van der Waals surface area contributed by atoms with Gasteiger partial charge < -0.3 is 20.2 Å². The van der Waals surface area contributed by atoms with Crippen molar-refractivity contribution in [1.82, 2.24) is 15.1 Å². The molecular weight excluding hydrogens is 242 g/mol. The number of carbonyl (C=O) groups is 1. The second kappa shape index (κ2) is 8.04. The van der Waals surface area contributed by atoms with Gasteiger partial charge in [-0.05, 0) is 32.7 Å². The van der Waals surface area contributed by atoms with Gasteiger partial charge in [-0.15, -0.1) is 0 Å². The molecule has 2 aliphatic rings. The van der Waals surface area contributed by atoms with E-state index in [1.807, 2.05) is 0 Å². The number of nitrogens with one attached hydrogen (secondary N) is 1. The van der Waals surface area contributed by atoms with Gasteiger partial charge in [0.1, 0.15) is 6.04 Å². The molecule has 1 saturated heterocycles. The van der Waals surface area contributed by atoms with Gasteiger partial charge in [0.2, 0.25) is 0 Å². The second-order valence-electron chi connectivity index (χ2n) is 5.17. The lowest BCUT2D eigenvalue weighted by atomic mass is 10.2. The van der Waals surface area contributed by atoms with Crippen LogP contribution in [0.4, 0.5) is 0 Å². The molecule has 0 bridgehead atoms. The lowest BCUT2D eigenvalue weighted by Crippen LogP contribution is -2.33. The zero-order valence-electron chi connectivity index (χ0n) is 12.3. The summed E-state index contributed by atoms with van der Waals surface area (Å²) in [5, 5.41) is 11.2. The van der Waals surface area contributed by atoms with E-state index in [0.717, 1.165) is 19.4 Å². The maximum absolute atomic E-state index is 10.1. The standard InChI is InChI=1S/C9H18N2.C5H9NO2/c1-4-5-6-11-8-7-10(3)9(11)2;7-5(8)4-2-1-3-6-4/h7-9H,4-6H2,1-3H3;4,6H,1-3H2,(H,7,8)/t;4-/m.0/s1. The fraction of sp³-hybridized carbons (Fsp3) is 0.786. The van der Waals surface area contributed by atoms with E-state index in [2.05, 4.69) is 48.4 Å². The van der Waals surface area contributed by atoms with Gasteiger partial charge in [0, 0.05) is 26.0 Å². The molecule has 0 amide bonds. The van der Waals surface area contributed by atoms with Crippen LogP contribution in [0.1, 0.15) is 39.5 Å². The Bertz CT molecular complexity index is 301. The van der Waals surface area contributed by atoms with E-state index in [0.29, 0.717) is 6.17 Å². The first-order valence-electron chi connectivity index (χ1n) is 7.18. The molecule has 2 rings (SSSR count). The monoisotopic (exact) mass is 269 g/mol. The summed E-state index contributed by atoms with van der Waals surface area (Å²) in [6.07, 6.45) is 9.23. The highest BCUT2D eigenvalue weighted by molar-refractivity contribution is 5.73. The Labute approximate surface area is 116 Å². The van der Waals surface area contributed by atoms with Gasteiger partial charge in [-0.3, -0.25) is 4.79 Å². The number of carboxylic acid groups (broad SMARTS) is 1. The van der Waals surface area contributed by atoms with Crippen LogP contribution in [-0.2, 0) is 4.79 Å². The normalized spacial score (nSPS) is 25.4. The molecule has 2 N–H and O–H groups in total. The zero-order valence-corrected chi connectivity index (χ0v) is 12.3. The Balaban J connectivity index is 0.000000200. The van der Waals surface area contributed by atoms with Crippen molar-refractivity contribution in [3.05, 3.63) is 12.4 Å². The highest BCUT2D eigenvalue weighted by Gasteiger charge is 2.20. The summed E-state index contributed by atoms with van der Waals surface area (Å²) < 4.78 is 0. The van der Waals surface area contributed by atoms with E-state index in [-0.39, 0.29) is 6.04 Å². The highest BCUT2D eigenvalue weighted by Crippen LogP contribution is 2.13. The lowest BCUT2D eigenvalue weighted by Gasteiger charge is -2.26. The zero-order chi connectivity index (χ0) is 14.3. The molecule has 0 aromatic heterocycles. The van der Waals surface area contributed by atoms with Crippen LogP contribution in [0.15, 0.2) is 12.4 Å². The van der Waals surface area contributed by atoms with Gasteiger partial charge >= 0.3 is 5.97 Å². The number of hydrogen-bond donors (Lipinski definition) is 2. The summed E-state index contributed by atoms with van der Waals surface area (Å²) in [4.78, 5) is 14.7. The van der Waals surface area contributed by atoms with Crippen LogP contribution in [0.25, 0.3) is 0 Å². The number of carboxylic acids is 1. The van der Waals surface area contributed by atoms with Crippen molar-refractivity contribution in [3.63, 3.8) is 0 Å². The Morgan fingerprint density at radius 2 is 2.21 bits per heavy atom. The second-order valence-corrected chi connectivity index (χ2v) is 5.17. The summed E-state index contributed by atoms with van der Waals surface area (Å²) >= 11 is 0.